The zero-order valence-corrected chi connectivity index (χ0v) is 11.9. The monoisotopic (exact) mass is 276 g/mol. The summed E-state index contributed by atoms with van der Waals surface area (Å²) in [6.07, 6.45) is 3.60. The molecular weight excluding hydrogens is 260 g/mol. The van der Waals surface area contributed by atoms with Crippen molar-refractivity contribution in [3.63, 3.8) is 0 Å². The second kappa shape index (κ2) is 6.48. The number of halogens is 1. The number of hydrogen-bond donors (Lipinski definition) is 0. The Morgan fingerprint density at radius 1 is 1.26 bits per heavy atom. The SMILES string of the molecule is CCN(Cc1ccccn1)c1nc(C)ncc1CCl. The molecular formula is C14H17ClN4. The van der Waals surface area contributed by atoms with Gasteiger partial charge in [-0.15, -0.1) is 11.6 Å². The molecule has 0 radical (unpaired) electrons. The van der Waals surface area contributed by atoms with E-state index in [2.05, 4.69) is 26.8 Å². The number of aromatic nitrogens is 3. The van der Waals surface area contributed by atoms with Crippen molar-refractivity contribution >= 4 is 17.4 Å². The highest BCUT2D eigenvalue weighted by molar-refractivity contribution is 6.17. The number of nitrogens with zero attached hydrogens (tertiary/aromatic N) is 4. The summed E-state index contributed by atoms with van der Waals surface area (Å²) in [5.74, 6) is 2.06. The van der Waals surface area contributed by atoms with Crippen molar-refractivity contribution in [3.05, 3.63) is 47.7 Å². The topological polar surface area (TPSA) is 41.9 Å². The molecule has 0 atom stereocenters. The summed E-state index contributed by atoms with van der Waals surface area (Å²) in [6.45, 7) is 5.54. The van der Waals surface area contributed by atoms with E-state index >= 15 is 0 Å². The first-order valence-electron chi connectivity index (χ1n) is 6.28. The first-order valence-corrected chi connectivity index (χ1v) is 6.81. The lowest BCUT2D eigenvalue weighted by atomic mass is 10.2. The Morgan fingerprint density at radius 2 is 2.11 bits per heavy atom. The van der Waals surface area contributed by atoms with Gasteiger partial charge in [-0.2, -0.15) is 0 Å². The Hall–Kier alpha value is -1.68. The van der Waals surface area contributed by atoms with Gasteiger partial charge in [0, 0.05) is 24.5 Å². The van der Waals surface area contributed by atoms with E-state index in [1.54, 1.807) is 12.4 Å². The fraction of sp³-hybridized carbons (Fsp3) is 0.357. The zero-order chi connectivity index (χ0) is 13.7. The fourth-order valence-corrected chi connectivity index (χ4v) is 2.06. The normalized spacial score (nSPS) is 10.5. The van der Waals surface area contributed by atoms with E-state index in [1.165, 1.54) is 0 Å². The first kappa shape index (κ1) is 13.7. The lowest BCUT2D eigenvalue weighted by Crippen LogP contribution is -2.25. The standard InChI is InChI=1S/C14H17ClN4/c1-3-19(10-13-6-4-5-7-16-13)14-12(8-15)9-17-11(2)18-14/h4-7,9H,3,8,10H2,1-2H3. The summed E-state index contributed by atoms with van der Waals surface area (Å²) in [7, 11) is 0. The van der Waals surface area contributed by atoms with Crippen molar-refractivity contribution in [2.75, 3.05) is 11.4 Å². The average molecular weight is 277 g/mol. The molecule has 2 aromatic heterocycles. The van der Waals surface area contributed by atoms with Crippen LogP contribution in [0, 0.1) is 6.92 Å². The van der Waals surface area contributed by atoms with E-state index in [0.717, 1.165) is 36.0 Å². The molecule has 0 fully saturated rings. The highest BCUT2D eigenvalue weighted by Crippen LogP contribution is 2.20. The van der Waals surface area contributed by atoms with E-state index in [0.29, 0.717) is 5.88 Å². The maximum atomic E-state index is 5.97. The quantitative estimate of drug-likeness (QED) is 0.788. The third-order valence-electron chi connectivity index (χ3n) is 2.87. The maximum absolute atomic E-state index is 5.97. The summed E-state index contributed by atoms with van der Waals surface area (Å²) in [5.41, 5.74) is 1.96. The van der Waals surface area contributed by atoms with Crippen molar-refractivity contribution in [1.29, 1.82) is 0 Å². The Kier molecular flexibility index (Phi) is 4.68. The molecule has 0 bridgehead atoms. The van der Waals surface area contributed by atoms with Crippen LogP contribution in [0.2, 0.25) is 0 Å². The van der Waals surface area contributed by atoms with Gasteiger partial charge in [-0.25, -0.2) is 9.97 Å². The van der Waals surface area contributed by atoms with Gasteiger partial charge < -0.3 is 4.90 Å². The number of aryl methyl sites for hydroxylation is 1. The highest BCUT2D eigenvalue weighted by Gasteiger charge is 2.13. The Bertz CT molecular complexity index is 530. The Balaban J connectivity index is 2.29. The predicted molar refractivity (Wildman–Crippen MR) is 77.3 cm³/mol. The minimum atomic E-state index is 0.411. The van der Waals surface area contributed by atoms with Gasteiger partial charge in [-0.05, 0) is 26.0 Å². The zero-order valence-electron chi connectivity index (χ0n) is 11.2. The van der Waals surface area contributed by atoms with Gasteiger partial charge in [0.25, 0.3) is 0 Å². The van der Waals surface area contributed by atoms with Gasteiger partial charge in [-0.3, -0.25) is 4.98 Å². The lowest BCUT2D eigenvalue weighted by molar-refractivity contribution is 0.780. The molecule has 0 aliphatic rings. The third kappa shape index (κ3) is 3.41. The second-order valence-corrected chi connectivity index (χ2v) is 4.50. The van der Waals surface area contributed by atoms with E-state index in [9.17, 15) is 0 Å². The van der Waals surface area contributed by atoms with Crippen LogP contribution in [-0.4, -0.2) is 21.5 Å². The third-order valence-corrected chi connectivity index (χ3v) is 3.15. The van der Waals surface area contributed by atoms with Gasteiger partial charge in [-0.1, -0.05) is 6.07 Å². The van der Waals surface area contributed by atoms with Gasteiger partial charge in [0.05, 0.1) is 18.1 Å². The molecule has 0 unspecified atom stereocenters. The summed E-state index contributed by atoms with van der Waals surface area (Å²) < 4.78 is 0. The summed E-state index contributed by atoms with van der Waals surface area (Å²) >= 11 is 5.97. The van der Waals surface area contributed by atoms with Crippen molar-refractivity contribution in [2.24, 2.45) is 0 Å². The molecule has 2 aromatic rings. The molecule has 0 saturated carbocycles. The number of hydrogen-bond acceptors (Lipinski definition) is 4. The van der Waals surface area contributed by atoms with Gasteiger partial charge in [0.1, 0.15) is 11.6 Å². The molecule has 5 heteroatoms. The number of pyridine rings is 1. The summed E-state index contributed by atoms with van der Waals surface area (Å²) in [5, 5.41) is 0. The molecule has 0 aliphatic heterocycles. The van der Waals surface area contributed by atoms with Crippen LogP contribution in [-0.2, 0) is 12.4 Å². The molecule has 0 aromatic carbocycles. The van der Waals surface area contributed by atoms with E-state index in [-0.39, 0.29) is 0 Å². The molecule has 2 heterocycles. The van der Waals surface area contributed by atoms with Crippen molar-refractivity contribution in [2.45, 2.75) is 26.3 Å². The maximum Gasteiger partial charge on any atom is 0.137 e. The molecule has 0 amide bonds. The van der Waals surface area contributed by atoms with Crippen molar-refractivity contribution in [3.8, 4) is 0 Å². The molecule has 0 aliphatic carbocycles. The Morgan fingerprint density at radius 3 is 2.74 bits per heavy atom. The van der Waals surface area contributed by atoms with Crippen LogP contribution in [0.5, 0.6) is 0 Å². The van der Waals surface area contributed by atoms with Crippen LogP contribution in [0.15, 0.2) is 30.6 Å². The molecule has 0 saturated heterocycles. The fourth-order valence-electron chi connectivity index (χ4n) is 1.87. The van der Waals surface area contributed by atoms with Gasteiger partial charge in [0.2, 0.25) is 0 Å². The molecule has 2 rings (SSSR count). The van der Waals surface area contributed by atoms with E-state index in [4.69, 9.17) is 11.6 Å². The smallest absolute Gasteiger partial charge is 0.137 e. The summed E-state index contributed by atoms with van der Waals surface area (Å²) in [6, 6.07) is 5.92. The Labute approximate surface area is 118 Å². The summed E-state index contributed by atoms with van der Waals surface area (Å²) in [4.78, 5) is 15.2. The van der Waals surface area contributed by atoms with Crippen LogP contribution in [0.25, 0.3) is 0 Å². The average Bonchev–Trinajstić information content (AvgIpc) is 2.46. The highest BCUT2D eigenvalue weighted by atomic mass is 35.5. The van der Waals surface area contributed by atoms with Crippen LogP contribution in [0.1, 0.15) is 24.0 Å². The number of rotatable bonds is 5. The molecule has 0 N–H and O–H groups in total. The van der Waals surface area contributed by atoms with Crippen LogP contribution >= 0.6 is 11.6 Å². The predicted octanol–water partition coefficient (Wildman–Crippen LogP) is 2.95. The van der Waals surface area contributed by atoms with Crippen LogP contribution < -0.4 is 4.90 Å². The van der Waals surface area contributed by atoms with Crippen molar-refractivity contribution < 1.29 is 0 Å². The van der Waals surface area contributed by atoms with E-state index < -0.39 is 0 Å². The second-order valence-electron chi connectivity index (χ2n) is 4.23. The van der Waals surface area contributed by atoms with Crippen LogP contribution in [0.3, 0.4) is 0 Å². The largest absolute Gasteiger partial charge is 0.351 e. The molecule has 100 valence electrons. The van der Waals surface area contributed by atoms with Gasteiger partial charge >= 0.3 is 0 Å². The first-order chi connectivity index (χ1) is 9.24. The number of anilines is 1. The van der Waals surface area contributed by atoms with Gasteiger partial charge in [0.15, 0.2) is 0 Å². The minimum absolute atomic E-state index is 0.411. The van der Waals surface area contributed by atoms with E-state index in [1.807, 2.05) is 25.1 Å². The van der Waals surface area contributed by atoms with Crippen LogP contribution in [0.4, 0.5) is 5.82 Å². The lowest BCUT2D eigenvalue weighted by Gasteiger charge is -2.23. The van der Waals surface area contributed by atoms with Crippen molar-refractivity contribution in [1.82, 2.24) is 15.0 Å². The molecule has 0 spiro atoms. The number of alkyl halides is 1. The molecule has 4 nitrogen and oxygen atoms in total. The minimum Gasteiger partial charge on any atom is -0.351 e. The molecule has 19 heavy (non-hydrogen) atoms.